The highest BCUT2D eigenvalue weighted by molar-refractivity contribution is 6.30. The fourth-order valence-electron chi connectivity index (χ4n) is 3.51. The normalized spacial score (nSPS) is 14.9. The number of carbonyl (C=O) groups is 1. The minimum Gasteiger partial charge on any atom is -0.306 e. The Kier molecular flexibility index (Phi) is 5.28. The summed E-state index contributed by atoms with van der Waals surface area (Å²) in [6.07, 6.45) is 5.74. The largest absolute Gasteiger partial charge is 0.342 e. The minimum absolute atomic E-state index is 0.195. The summed E-state index contributed by atoms with van der Waals surface area (Å²) in [5.74, 6) is 6.19. The number of amides is 2. The third kappa shape index (κ3) is 4.04. The van der Waals surface area contributed by atoms with Crippen LogP contribution in [0.25, 0.3) is 5.65 Å². The number of imidazole rings is 1. The summed E-state index contributed by atoms with van der Waals surface area (Å²) >= 11 is 6.11. The number of carbonyl (C=O) groups excluding carboxylic acids is 1. The molecule has 7 nitrogen and oxygen atoms in total. The molecule has 156 valence electrons. The highest BCUT2D eigenvalue weighted by Gasteiger charge is 2.28. The molecule has 4 aromatic rings. The fraction of sp³-hybridized carbons (Fsp3) is 0.0833. The van der Waals surface area contributed by atoms with Gasteiger partial charge in [-0.3, -0.25) is 0 Å². The van der Waals surface area contributed by atoms with E-state index >= 15 is 0 Å². The second kappa shape index (κ2) is 8.53. The number of hydrogen-bond acceptors (Lipinski definition) is 4. The molecule has 0 spiro atoms. The Morgan fingerprint density at radius 2 is 2.00 bits per heavy atom. The number of hydrogen-bond donors (Lipinski definition) is 1. The van der Waals surface area contributed by atoms with E-state index in [0.717, 1.165) is 16.8 Å². The fourth-order valence-corrected chi connectivity index (χ4v) is 3.71. The van der Waals surface area contributed by atoms with Crippen LogP contribution in [0.4, 0.5) is 10.5 Å². The van der Waals surface area contributed by atoms with Gasteiger partial charge < -0.3 is 5.32 Å². The molecule has 32 heavy (non-hydrogen) atoms. The molecule has 3 heterocycles. The number of nitrogens with one attached hydrogen (secondary N) is 1. The molecule has 1 unspecified atom stereocenters. The summed E-state index contributed by atoms with van der Waals surface area (Å²) in [6.45, 7) is 0. The number of benzene rings is 2. The first-order valence-corrected chi connectivity index (χ1v) is 10.3. The standard InChI is InChI=1S/C24H17ClN6O/c25-19-6-2-5-18(15-19)22-11-13-28-31(22)24(32)29-20-7-1-4-17(14-20)9-10-21-16-26-23-8-3-12-27-30(21)23/h1-8,12-16,22H,11H2,(H,29,32). The lowest BCUT2D eigenvalue weighted by molar-refractivity contribution is 0.200. The number of hydrazone groups is 1. The van der Waals surface area contributed by atoms with E-state index in [1.807, 2.05) is 54.6 Å². The van der Waals surface area contributed by atoms with Crippen LogP contribution in [0.5, 0.6) is 0 Å². The van der Waals surface area contributed by atoms with Crippen LogP contribution in [0.3, 0.4) is 0 Å². The van der Waals surface area contributed by atoms with Gasteiger partial charge in [-0.25, -0.2) is 19.3 Å². The molecule has 0 fully saturated rings. The van der Waals surface area contributed by atoms with Gasteiger partial charge in [0, 0.05) is 35.1 Å². The van der Waals surface area contributed by atoms with Crippen LogP contribution >= 0.6 is 11.6 Å². The third-order valence-electron chi connectivity index (χ3n) is 5.00. The number of aromatic nitrogens is 3. The highest BCUT2D eigenvalue weighted by atomic mass is 35.5. The molecule has 0 saturated heterocycles. The van der Waals surface area contributed by atoms with Crippen LogP contribution in [0, 0.1) is 11.8 Å². The second-order valence-corrected chi connectivity index (χ2v) is 7.58. The van der Waals surface area contributed by atoms with Crippen molar-refractivity contribution in [2.24, 2.45) is 5.10 Å². The SMILES string of the molecule is O=C(Nc1cccc(C#Cc2cnc3cccnn23)c1)N1N=CCC1c1cccc(Cl)c1. The molecule has 0 aliphatic carbocycles. The van der Waals surface area contributed by atoms with E-state index in [1.54, 1.807) is 29.2 Å². The number of anilines is 1. The molecular formula is C24H17ClN6O. The Bertz CT molecular complexity index is 1400. The van der Waals surface area contributed by atoms with Crippen molar-refractivity contribution in [3.05, 3.63) is 94.9 Å². The summed E-state index contributed by atoms with van der Waals surface area (Å²) < 4.78 is 1.68. The van der Waals surface area contributed by atoms with E-state index in [4.69, 9.17) is 11.6 Å². The number of fused-ring (bicyclic) bond motifs is 1. The maximum atomic E-state index is 12.9. The zero-order valence-corrected chi connectivity index (χ0v) is 17.6. The molecule has 1 aliphatic rings. The van der Waals surface area contributed by atoms with Gasteiger partial charge in [0.25, 0.3) is 0 Å². The van der Waals surface area contributed by atoms with Gasteiger partial charge in [0.15, 0.2) is 5.65 Å². The molecule has 1 aliphatic heterocycles. The van der Waals surface area contributed by atoms with Gasteiger partial charge in [0.05, 0.1) is 12.2 Å². The first kappa shape index (κ1) is 19.8. The van der Waals surface area contributed by atoms with E-state index in [9.17, 15) is 4.79 Å². The summed E-state index contributed by atoms with van der Waals surface area (Å²) in [4.78, 5) is 17.2. The third-order valence-corrected chi connectivity index (χ3v) is 5.23. The molecule has 2 aromatic carbocycles. The summed E-state index contributed by atoms with van der Waals surface area (Å²) in [5, 5.41) is 13.5. The van der Waals surface area contributed by atoms with Crippen LogP contribution in [0.15, 0.2) is 78.2 Å². The number of halogens is 1. The molecule has 0 radical (unpaired) electrons. The average molecular weight is 441 g/mol. The van der Waals surface area contributed by atoms with Crippen LogP contribution < -0.4 is 5.32 Å². The van der Waals surface area contributed by atoms with Gasteiger partial charge >= 0.3 is 6.03 Å². The maximum absolute atomic E-state index is 12.9. The van der Waals surface area contributed by atoms with E-state index in [1.165, 1.54) is 5.01 Å². The van der Waals surface area contributed by atoms with Gasteiger partial charge in [0.1, 0.15) is 5.69 Å². The lowest BCUT2D eigenvalue weighted by Crippen LogP contribution is -2.31. The summed E-state index contributed by atoms with van der Waals surface area (Å²) in [6, 6.07) is 18.0. The van der Waals surface area contributed by atoms with Crippen LogP contribution in [0.2, 0.25) is 5.02 Å². The van der Waals surface area contributed by atoms with E-state index < -0.39 is 0 Å². The van der Waals surface area contributed by atoms with Crippen molar-refractivity contribution in [1.29, 1.82) is 0 Å². The summed E-state index contributed by atoms with van der Waals surface area (Å²) in [7, 11) is 0. The van der Waals surface area contributed by atoms with E-state index in [-0.39, 0.29) is 12.1 Å². The first-order valence-electron chi connectivity index (χ1n) is 9.96. The predicted octanol–water partition coefficient (Wildman–Crippen LogP) is 4.75. The molecule has 1 N–H and O–H groups in total. The maximum Gasteiger partial charge on any atom is 0.342 e. The summed E-state index contributed by atoms with van der Waals surface area (Å²) in [5.41, 5.74) is 3.74. The van der Waals surface area contributed by atoms with Crippen molar-refractivity contribution in [3.8, 4) is 11.8 Å². The van der Waals surface area contributed by atoms with Crippen LogP contribution in [-0.4, -0.2) is 31.9 Å². The van der Waals surface area contributed by atoms with Crippen LogP contribution in [0.1, 0.15) is 29.3 Å². The Hall–Kier alpha value is -4.15. The number of rotatable bonds is 2. The molecule has 0 bridgehead atoms. The molecule has 1 atom stereocenters. The lowest BCUT2D eigenvalue weighted by Gasteiger charge is -2.22. The number of nitrogens with zero attached hydrogens (tertiary/aromatic N) is 5. The smallest absolute Gasteiger partial charge is 0.306 e. The zero-order valence-electron chi connectivity index (χ0n) is 16.8. The quantitative estimate of drug-likeness (QED) is 0.457. The van der Waals surface area contributed by atoms with Crippen LogP contribution in [-0.2, 0) is 0 Å². The monoisotopic (exact) mass is 440 g/mol. The van der Waals surface area contributed by atoms with Gasteiger partial charge in [-0.1, -0.05) is 35.7 Å². The second-order valence-electron chi connectivity index (χ2n) is 7.15. The first-order chi connectivity index (χ1) is 15.7. The predicted molar refractivity (Wildman–Crippen MR) is 124 cm³/mol. The van der Waals surface area contributed by atoms with Crippen molar-refractivity contribution < 1.29 is 4.79 Å². The highest BCUT2D eigenvalue weighted by Crippen LogP contribution is 2.30. The molecule has 8 heteroatoms. The zero-order chi connectivity index (χ0) is 21.9. The van der Waals surface area contributed by atoms with Gasteiger partial charge in [-0.15, -0.1) is 0 Å². The molecule has 2 amide bonds. The van der Waals surface area contributed by atoms with Crippen molar-refractivity contribution in [2.75, 3.05) is 5.32 Å². The molecule has 5 rings (SSSR count). The minimum atomic E-state index is -0.320. The Balaban J connectivity index is 1.33. The topological polar surface area (TPSA) is 74.9 Å². The van der Waals surface area contributed by atoms with Gasteiger partial charge in [-0.2, -0.15) is 10.2 Å². The molecular weight excluding hydrogens is 424 g/mol. The molecule has 0 saturated carbocycles. The van der Waals surface area contributed by atoms with Crippen molar-refractivity contribution in [3.63, 3.8) is 0 Å². The molecule has 2 aromatic heterocycles. The van der Waals surface area contributed by atoms with Crippen molar-refractivity contribution in [1.82, 2.24) is 19.6 Å². The lowest BCUT2D eigenvalue weighted by atomic mass is 10.1. The van der Waals surface area contributed by atoms with E-state index in [0.29, 0.717) is 22.8 Å². The average Bonchev–Trinajstić information content (AvgIpc) is 3.46. The Labute approximate surface area is 189 Å². The van der Waals surface area contributed by atoms with Crippen molar-refractivity contribution >= 4 is 35.2 Å². The number of urea groups is 1. The van der Waals surface area contributed by atoms with E-state index in [2.05, 4.69) is 32.3 Å². The van der Waals surface area contributed by atoms with Gasteiger partial charge in [-0.05, 0) is 53.9 Å². The van der Waals surface area contributed by atoms with Gasteiger partial charge in [0.2, 0.25) is 0 Å². The Morgan fingerprint density at radius 3 is 2.91 bits per heavy atom. The Morgan fingerprint density at radius 1 is 1.09 bits per heavy atom. The van der Waals surface area contributed by atoms with Crippen molar-refractivity contribution in [2.45, 2.75) is 12.5 Å².